The Balaban J connectivity index is 2.74. The number of rotatable bonds is 1. The van der Waals surface area contributed by atoms with Crippen molar-refractivity contribution in [3.63, 3.8) is 0 Å². The van der Waals surface area contributed by atoms with Crippen molar-refractivity contribution in [3.05, 3.63) is 21.9 Å². The molecule has 11 heavy (non-hydrogen) atoms. The molecule has 1 atom stereocenters. The SMILES string of the molecule is N=C1CC([N+](=O)[O-])=CCC1O. The lowest BCUT2D eigenvalue weighted by molar-refractivity contribution is -0.426. The molecule has 0 bridgehead atoms. The Morgan fingerprint density at radius 3 is 2.91 bits per heavy atom. The topological polar surface area (TPSA) is 87.2 Å². The van der Waals surface area contributed by atoms with Gasteiger partial charge in [-0.15, -0.1) is 0 Å². The molecule has 1 aliphatic carbocycles. The molecule has 60 valence electrons. The Labute approximate surface area is 63.0 Å². The summed E-state index contributed by atoms with van der Waals surface area (Å²) in [5, 5.41) is 26.3. The number of hydrogen-bond acceptors (Lipinski definition) is 4. The average Bonchev–Trinajstić information content (AvgIpc) is 1.94. The Hall–Kier alpha value is -1.23. The molecule has 0 spiro atoms. The molecule has 1 unspecified atom stereocenters. The van der Waals surface area contributed by atoms with Crippen molar-refractivity contribution in [1.29, 1.82) is 5.41 Å². The van der Waals surface area contributed by atoms with E-state index in [0.717, 1.165) is 0 Å². The highest BCUT2D eigenvalue weighted by molar-refractivity contribution is 5.88. The summed E-state index contributed by atoms with van der Waals surface area (Å²) in [7, 11) is 0. The number of aliphatic hydroxyl groups excluding tert-OH is 1. The third kappa shape index (κ3) is 1.62. The smallest absolute Gasteiger partial charge is 0.248 e. The molecule has 0 fully saturated rings. The van der Waals surface area contributed by atoms with Gasteiger partial charge in [-0.2, -0.15) is 0 Å². The van der Waals surface area contributed by atoms with Crippen LogP contribution in [0.5, 0.6) is 0 Å². The van der Waals surface area contributed by atoms with E-state index in [2.05, 4.69) is 0 Å². The van der Waals surface area contributed by atoms with Gasteiger partial charge >= 0.3 is 0 Å². The largest absolute Gasteiger partial charge is 0.387 e. The van der Waals surface area contributed by atoms with Crippen LogP contribution in [0.2, 0.25) is 0 Å². The molecule has 0 aromatic carbocycles. The van der Waals surface area contributed by atoms with E-state index in [1.165, 1.54) is 6.08 Å². The van der Waals surface area contributed by atoms with Gasteiger partial charge in [0.25, 0.3) is 0 Å². The van der Waals surface area contributed by atoms with E-state index in [-0.39, 0.29) is 24.3 Å². The molecule has 0 aromatic heterocycles. The summed E-state index contributed by atoms with van der Waals surface area (Å²) in [6, 6.07) is 0. The quantitative estimate of drug-likeness (QED) is 0.423. The molecule has 1 aliphatic rings. The van der Waals surface area contributed by atoms with Gasteiger partial charge in [0, 0.05) is 12.1 Å². The van der Waals surface area contributed by atoms with Crippen LogP contribution < -0.4 is 0 Å². The Morgan fingerprint density at radius 2 is 2.45 bits per heavy atom. The van der Waals surface area contributed by atoms with Crippen LogP contribution in [0.3, 0.4) is 0 Å². The summed E-state index contributed by atoms with van der Waals surface area (Å²) in [6.07, 6.45) is 0.699. The molecule has 0 saturated heterocycles. The van der Waals surface area contributed by atoms with Gasteiger partial charge in [0.05, 0.1) is 17.4 Å². The zero-order chi connectivity index (χ0) is 8.43. The number of aliphatic hydroxyl groups is 1. The first-order valence-electron chi connectivity index (χ1n) is 3.20. The van der Waals surface area contributed by atoms with Gasteiger partial charge in [0.15, 0.2) is 0 Å². The summed E-state index contributed by atoms with van der Waals surface area (Å²) >= 11 is 0. The molecule has 0 radical (unpaired) electrons. The molecule has 0 aliphatic heterocycles. The summed E-state index contributed by atoms with van der Waals surface area (Å²) in [4.78, 5) is 9.65. The lowest BCUT2D eigenvalue weighted by Crippen LogP contribution is -2.24. The number of hydrogen-bond donors (Lipinski definition) is 2. The summed E-state index contributed by atoms with van der Waals surface area (Å²) in [5.41, 5.74) is 0.0412. The van der Waals surface area contributed by atoms with Crippen LogP contribution in [-0.2, 0) is 0 Å². The third-order valence-corrected chi connectivity index (χ3v) is 1.59. The average molecular weight is 156 g/mol. The fourth-order valence-electron chi connectivity index (χ4n) is 0.914. The maximum atomic E-state index is 10.2. The fourth-order valence-corrected chi connectivity index (χ4v) is 0.914. The molecule has 0 heterocycles. The van der Waals surface area contributed by atoms with Gasteiger partial charge in [0.1, 0.15) is 0 Å². The maximum absolute atomic E-state index is 10.2. The van der Waals surface area contributed by atoms with E-state index in [1.54, 1.807) is 0 Å². The Morgan fingerprint density at radius 1 is 1.82 bits per heavy atom. The molecule has 5 heteroatoms. The minimum absolute atomic E-state index is 0.0142. The Bertz CT molecular complexity index is 234. The number of allylic oxidation sites excluding steroid dienone is 1. The highest BCUT2D eigenvalue weighted by atomic mass is 16.6. The standard InChI is InChI=1S/C6H8N2O3/c7-5-3-4(8(10)11)1-2-6(5)9/h1,6-7,9H,2-3H2. The summed E-state index contributed by atoms with van der Waals surface area (Å²) < 4.78 is 0. The van der Waals surface area contributed by atoms with E-state index in [1.807, 2.05) is 0 Å². The second kappa shape index (κ2) is 2.79. The van der Waals surface area contributed by atoms with Crippen LogP contribution >= 0.6 is 0 Å². The predicted molar refractivity (Wildman–Crippen MR) is 38.0 cm³/mol. The molecule has 2 N–H and O–H groups in total. The minimum Gasteiger partial charge on any atom is -0.387 e. The highest BCUT2D eigenvalue weighted by Gasteiger charge is 2.23. The van der Waals surface area contributed by atoms with E-state index in [4.69, 9.17) is 10.5 Å². The molecule has 0 amide bonds. The monoisotopic (exact) mass is 156 g/mol. The van der Waals surface area contributed by atoms with Crippen molar-refractivity contribution in [2.24, 2.45) is 0 Å². The van der Waals surface area contributed by atoms with Crippen LogP contribution in [0, 0.1) is 15.5 Å². The van der Waals surface area contributed by atoms with Gasteiger partial charge in [-0.3, -0.25) is 10.1 Å². The van der Waals surface area contributed by atoms with Crippen molar-refractivity contribution in [1.82, 2.24) is 0 Å². The molecule has 5 nitrogen and oxygen atoms in total. The minimum atomic E-state index is -0.821. The van der Waals surface area contributed by atoms with E-state index < -0.39 is 11.0 Å². The van der Waals surface area contributed by atoms with Crippen LogP contribution in [0.1, 0.15) is 12.8 Å². The van der Waals surface area contributed by atoms with Crippen LogP contribution in [0.4, 0.5) is 0 Å². The molecule has 1 rings (SSSR count). The van der Waals surface area contributed by atoms with Crippen LogP contribution in [-0.4, -0.2) is 21.8 Å². The van der Waals surface area contributed by atoms with Gasteiger partial charge in [0.2, 0.25) is 5.70 Å². The second-order valence-corrected chi connectivity index (χ2v) is 2.41. The maximum Gasteiger partial charge on any atom is 0.248 e. The van der Waals surface area contributed by atoms with Crippen LogP contribution in [0.15, 0.2) is 11.8 Å². The number of nitrogens with zero attached hydrogens (tertiary/aromatic N) is 1. The van der Waals surface area contributed by atoms with Crippen LogP contribution in [0.25, 0.3) is 0 Å². The Kier molecular flexibility index (Phi) is 2.00. The predicted octanol–water partition coefficient (Wildman–Crippen LogP) is 0.321. The lowest BCUT2D eigenvalue weighted by Gasteiger charge is -2.13. The van der Waals surface area contributed by atoms with Gasteiger partial charge in [-0.1, -0.05) is 0 Å². The molecule has 0 aromatic rings. The first-order chi connectivity index (χ1) is 5.11. The zero-order valence-corrected chi connectivity index (χ0v) is 5.78. The molecule has 0 saturated carbocycles. The summed E-state index contributed by atoms with van der Waals surface area (Å²) in [6.45, 7) is 0. The van der Waals surface area contributed by atoms with Crippen molar-refractivity contribution in [2.45, 2.75) is 18.9 Å². The normalized spacial score (nSPS) is 24.6. The van der Waals surface area contributed by atoms with Gasteiger partial charge in [-0.05, 0) is 6.08 Å². The fraction of sp³-hybridized carbons (Fsp3) is 0.500. The van der Waals surface area contributed by atoms with Gasteiger partial charge < -0.3 is 10.5 Å². The molecular weight excluding hydrogens is 148 g/mol. The second-order valence-electron chi connectivity index (χ2n) is 2.41. The van der Waals surface area contributed by atoms with Crippen molar-refractivity contribution in [3.8, 4) is 0 Å². The number of nitrogens with one attached hydrogen (secondary N) is 1. The van der Waals surface area contributed by atoms with E-state index in [9.17, 15) is 10.1 Å². The van der Waals surface area contributed by atoms with Crippen molar-refractivity contribution >= 4 is 5.71 Å². The van der Waals surface area contributed by atoms with E-state index >= 15 is 0 Å². The lowest BCUT2D eigenvalue weighted by atomic mass is 10.00. The van der Waals surface area contributed by atoms with Gasteiger partial charge in [-0.25, -0.2) is 0 Å². The van der Waals surface area contributed by atoms with E-state index in [0.29, 0.717) is 0 Å². The summed E-state index contributed by atoms with van der Waals surface area (Å²) in [5.74, 6) is 0. The zero-order valence-electron chi connectivity index (χ0n) is 5.78. The van der Waals surface area contributed by atoms with Crippen molar-refractivity contribution < 1.29 is 10.0 Å². The highest BCUT2D eigenvalue weighted by Crippen LogP contribution is 2.15. The first kappa shape index (κ1) is 7.87. The van der Waals surface area contributed by atoms with Crippen molar-refractivity contribution in [2.75, 3.05) is 0 Å². The molecular formula is C6H8N2O3. The number of nitro groups is 1. The third-order valence-electron chi connectivity index (χ3n) is 1.59. The first-order valence-corrected chi connectivity index (χ1v) is 3.20.